The number of nitrogens with zero attached hydrogens (tertiary/aromatic N) is 6. The molecule has 0 radical (unpaired) electrons. The molecule has 0 aliphatic carbocycles. The van der Waals surface area contributed by atoms with Crippen molar-refractivity contribution in [3.8, 4) is 0 Å². The zero-order chi connectivity index (χ0) is 33.2. The van der Waals surface area contributed by atoms with Crippen molar-refractivity contribution in [3.63, 3.8) is 0 Å². The number of benzene rings is 1. The van der Waals surface area contributed by atoms with E-state index in [4.69, 9.17) is 0 Å². The Morgan fingerprint density at radius 1 is 0.957 bits per heavy atom. The van der Waals surface area contributed by atoms with Crippen LogP contribution >= 0.6 is 0 Å². The predicted molar refractivity (Wildman–Crippen MR) is 175 cm³/mol. The fourth-order valence-corrected chi connectivity index (χ4v) is 5.59. The van der Waals surface area contributed by atoms with Crippen molar-refractivity contribution < 1.29 is 19.2 Å². The number of hydrogen-bond donors (Lipinski definition) is 4. The minimum atomic E-state index is -0.874. The maximum atomic E-state index is 13.6. The van der Waals surface area contributed by atoms with E-state index in [1.807, 2.05) is 44.2 Å². The van der Waals surface area contributed by atoms with Crippen LogP contribution in [0.1, 0.15) is 52.3 Å². The van der Waals surface area contributed by atoms with Crippen LogP contribution < -0.4 is 21.3 Å². The highest BCUT2D eigenvalue weighted by Crippen LogP contribution is 2.16. The van der Waals surface area contributed by atoms with Gasteiger partial charge in [-0.15, -0.1) is 0 Å². The molecule has 0 spiro atoms. The van der Waals surface area contributed by atoms with E-state index >= 15 is 0 Å². The van der Waals surface area contributed by atoms with E-state index in [1.54, 1.807) is 21.5 Å². The van der Waals surface area contributed by atoms with E-state index in [1.165, 1.54) is 12.5 Å². The van der Waals surface area contributed by atoms with Crippen LogP contribution in [0.25, 0.3) is 5.78 Å². The number of rotatable bonds is 5. The first kappa shape index (κ1) is 33.0. The second kappa shape index (κ2) is 15.7. The Hall–Kier alpha value is -5.40. The van der Waals surface area contributed by atoms with Gasteiger partial charge in [0.05, 0.1) is 0 Å². The van der Waals surface area contributed by atoms with Crippen LogP contribution in [0.3, 0.4) is 0 Å². The molecule has 1 aliphatic rings. The van der Waals surface area contributed by atoms with Gasteiger partial charge in [-0.25, -0.2) is 9.50 Å². The van der Waals surface area contributed by atoms with Crippen LogP contribution in [0, 0.1) is 13.8 Å². The number of nitrogens with one attached hydrogen (secondary N) is 4. The molecule has 4 N–H and O–H groups in total. The molecule has 0 saturated carbocycles. The van der Waals surface area contributed by atoms with Crippen LogP contribution in [0.4, 0.5) is 5.69 Å². The molecule has 0 saturated heterocycles. The van der Waals surface area contributed by atoms with Gasteiger partial charge in [-0.05, 0) is 49.9 Å². The van der Waals surface area contributed by atoms with Gasteiger partial charge < -0.3 is 26.2 Å². The van der Waals surface area contributed by atoms with Crippen LogP contribution in [0.5, 0.6) is 0 Å². The average molecular weight is 641 g/mol. The number of carbonyl (C=O) groups is 4. The second-order valence-corrected chi connectivity index (χ2v) is 11.4. The fourth-order valence-electron chi connectivity index (χ4n) is 5.59. The van der Waals surface area contributed by atoms with Crippen LogP contribution in [-0.2, 0) is 27.2 Å². The minimum Gasteiger partial charge on any atom is -0.383 e. The number of fused-ring (bicyclic) bond motifs is 3. The molecule has 2 bridgehead atoms. The maximum Gasteiger partial charge on any atom is 0.270 e. The molecule has 246 valence electrons. The van der Waals surface area contributed by atoms with Gasteiger partial charge in [0.2, 0.25) is 17.7 Å². The standard InChI is InChI=1S/C33H40N10O4/c1-22-26(23(2)43-33(40-22)38-21-39-43)10-11-30(45)42-17-6-9-29(44)36-15-14-34-25-12-13-35-27(20-25)32(47)41-28(31(46)37-16-18-42)19-24-7-4-3-5-8-24/h3-5,7-8,12-13,20-21,28,34H,6,9-11,14-19H2,1-2H3,(H,36,44)(H,37,46)(H,41,47)/t28-/m0/s1. The maximum absolute atomic E-state index is 13.6. The zero-order valence-corrected chi connectivity index (χ0v) is 26.7. The second-order valence-electron chi connectivity index (χ2n) is 11.4. The Morgan fingerprint density at radius 3 is 2.60 bits per heavy atom. The van der Waals surface area contributed by atoms with Crippen molar-refractivity contribution >= 4 is 35.1 Å². The average Bonchev–Trinajstić information content (AvgIpc) is 3.54. The highest BCUT2D eigenvalue weighted by molar-refractivity contribution is 5.96. The summed E-state index contributed by atoms with van der Waals surface area (Å²) in [6.07, 6.45) is 4.62. The summed E-state index contributed by atoms with van der Waals surface area (Å²) < 4.78 is 1.66. The topological polar surface area (TPSA) is 176 Å². The van der Waals surface area contributed by atoms with E-state index in [-0.39, 0.29) is 55.8 Å². The fraction of sp³-hybridized carbons (Fsp3) is 0.394. The van der Waals surface area contributed by atoms with E-state index in [2.05, 4.69) is 41.3 Å². The van der Waals surface area contributed by atoms with Gasteiger partial charge in [-0.3, -0.25) is 24.2 Å². The SMILES string of the molecule is Cc1nc2ncnn2c(C)c1CCC(=O)N1CCCC(=O)NCCNc2ccnc(c2)C(=O)N[C@@H](Cc2ccccc2)C(=O)NCC1. The van der Waals surface area contributed by atoms with Gasteiger partial charge in [-0.1, -0.05) is 30.3 Å². The Kier molecular flexibility index (Phi) is 11.0. The van der Waals surface area contributed by atoms with Crippen LogP contribution in [0.2, 0.25) is 0 Å². The molecule has 3 aromatic heterocycles. The van der Waals surface area contributed by atoms with E-state index < -0.39 is 11.9 Å². The Morgan fingerprint density at radius 2 is 1.77 bits per heavy atom. The molecule has 14 heteroatoms. The predicted octanol–water partition coefficient (Wildman–Crippen LogP) is 1.38. The zero-order valence-electron chi connectivity index (χ0n) is 26.7. The summed E-state index contributed by atoms with van der Waals surface area (Å²) in [6.45, 7) is 5.39. The number of aryl methyl sites for hydroxylation is 2. The number of amides is 4. The molecule has 5 rings (SSSR count). The third kappa shape index (κ3) is 8.87. The molecule has 4 amide bonds. The summed E-state index contributed by atoms with van der Waals surface area (Å²) in [5.41, 5.74) is 4.29. The molecule has 47 heavy (non-hydrogen) atoms. The summed E-state index contributed by atoms with van der Waals surface area (Å²) in [7, 11) is 0. The molecule has 1 aromatic carbocycles. The summed E-state index contributed by atoms with van der Waals surface area (Å²) in [4.78, 5) is 67.3. The van der Waals surface area contributed by atoms with E-state index in [0.717, 1.165) is 22.5 Å². The van der Waals surface area contributed by atoms with Gasteiger partial charge in [0.25, 0.3) is 11.7 Å². The smallest absolute Gasteiger partial charge is 0.270 e. The first-order chi connectivity index (χ1) is 22.8. The van der Waals surface area contributed by atoms with E-state index in [9.17, 15) is 19.2 Å². The number of anilines is 1. The van der Waals surface area contributed by atoms with Crippen LogP contribution in [0.15, 0.2) is 55.0 Å². The summed E-state index contributed by atoms with van der Waals surface area (Å²) >= 11 is 0. The molecule has 0 fully saturated rings. The Labute approximate surface area is 272 Å². The van der Waals surface area contributed by atoms with Crippen molar-refractivity contribution in [2.75, 3.05) is 38.0 Å². The summed E-state index contributed by atoms with van der Waals surface area (Å²) in [6, 6.07) is 11.9. The first-order valence-corrected chi connectivity index (χ1v) is 15.8. The van der Waals surface area contributed by atoms with Crippen molar-refractivity contribution in [2.24, 2.45) is 0 Å². The quantitative estimate of drug-likeness (QED) is 0.251. The number of hydrogen-bond acceptors (Lipinski definition) is 9. The molecule has 1 atom stereocenters. The third-order valence-electron chi connectivity index (χ3n) is 8.12. The monoisotopic (exact) mass is 640 g/mol. The molecule has 0 unspecified atom stereocenters. The Bertz CT molecular complexity index is 1730. The lowest BCUT2D eigenvalue weighted by Gasteiger charge is -2.24. The van der Waals surface area contributed by atoms with Crippen molar-refractivity contribution in [2.45, 2.75) is 52.0 Å². The van der Waals surface area contributed by atoms with Gasteiger partial charge in [0.15, 0.2) is 0 Å². The summed E-state index contributed by atoms with van der Waals surface area (Å²) in [5.74, 6) is -0.583. The first-order valence-electron chi connectivity index (χ1n) is 15.8. The van der Waals surface area contributed by atoms with Gasteiger partial charge in [0, 0.05) is 75.3 Å². The molecular weight excluding hydrogens is 600 g/mol. The largest absolute Gasteiger partial charge is 0.383 e. The number of pyridine rings is 1. The minimum absolute atomic E-state index is 0.105. The van der Waals surface area contributed by atoms with Crippen LogP contribution in [-0.4, -0.2) is 91.9 Å². The molecule has 1 aliphatic heterocycles. The number of aromatic nitrogens is 5. The van der Waals surface area contributed by atoms with Crippen molar-refractivity contribution in [1.29, 1.82) is 0 Å². The molecule has 4 heterocycles. The van der Waals surface area contributed by atoms with Gasteiger partial charge in [0.1, 0.15) is 18.1 Å². The lowest BCUT2D eigenvalue weighted by atomic mass is 10.0. The lowest BCUT2D eigenvalue weighted by molar-refractivity contribution is -0.132. The summed E-state index contributed by atoms with van der Waals surface area (Å²) in [5, 5.41) is 16.1. The molecule has 4 aromatic rings. The molecule has 14 nitrogen and oxygen atoms in total. The van der Waals surface area contributed by atoms with Gasteiger partial charge >= 0.3 is 0 Å². The highest BCUT2D eigenvalue weighted by atomic mass is 16.2. The Balaban J connectivity index is 1.30. The number of carbonyl (C=O) groups excluding carboxylic acids is 4. The third-order valence-corrected chi connectivity index (χ3v) is 8.12. The van der Waals surface area contributed by atoms with Crippen molar-refractivity contribution in [1.82, 2.24) is 45.4 Å². The van der Waals surface area contributed by atoms with Crippen molar-refractivity contribution in [3.05, 3.63) is 83.2 Å². The lowest BCUT2D eigenvalue weighted by Crippen LogP contribution is -2.50. The highest BCUT2D eigenvalue weighted by Gasteiger charge is 2.24. The normalized spacial score (nSPS) is 17.0. The molecular formula is C33H40N10O4. The van der Waals surface area contributed by atoms with E-state index in [0.29, 0.717) is 43.9 Å². The van der Waals surface area contributed by atoms with Gasteiger partial charge in [-0.2, -0.15) is 10.1 Å².